The molecule has 2 aromatic heterocycles. The number of rotatable bonds is 1. The number of hydrogen-bond acceptors (Lipinski definition) is 3. The van der Waals surface area contributed by atoms with E-state index in [0.29, 0.717) is 11.1 Å². The monoisotopic (exact) mass is 501 g/mol. The second kappa shape index (κ2) is 7.17. The lowest BCUT2D eigenvalue weighted by molar-refractivity contribution is 0.0990. The Kier molecular flexibility index (Phi) is 4.35. The molecule has 0 bridgehead atoms. The normalized spacial score (nSPS) is 15.6. The van der Waals surface area contributed by atoms with Crippen molar-refractivity contribution in [3.05, 3.63) is 103 Å². The van der Waals surface area contributed by atoms with Gasteiger partial charge in [0.15, 0.2) is 11.6 Å². The van der Waals surface area contributed by atoms with Gasteiger partial charge < -0.3 is 4.57 Å². The number of ketones is 2. The summed E-state index contributed by atoms with van der Waals surface area (Å²) in [7, 11) is 0. The average Bonchev–Trinajstić information content (AvgIpc) is 3.53. The molecule has 1 aliphatic carbocycles. The van der Waals surface area contributed by atoms with Crippen LogP contribution in [0.4, 0.5) is 0 Å². The first kappa shape index (κ1) is 22.4. The summed E-state index contributed by atoms with van der Waals surface area (Å²) in [5, 5.41) is 3.66. The van der Waals surface area contributed by atoms with Gasteiger partial charge >= 0.3 is 0 Å². The van der Waals surface area contributed by atoms with Gasteiger partial charge in [-0.05, 0) is 79.3 Å². The Morgan fingerprint density at radius 2 is 1.38 bits per heavy atom. The molecule has 182 valence electrons. The number of carbonyl (C=O) groups excluding carboxylic acids is 2. The molecule has 7 rings (SSSR count). The molecule has 1 aliphatic heterocycles. The van der Waals surface area contributed by atoms with Crippen molar-refractivity contribution < 1.29 is 9.59 Å². The average molecular weight is 502 g/mol. The Morgan fingerprint density at radius 1 is 0.757 bits per heavy atom. The van der Waals surface area contributed by atoms with Crippen molar-refractivity contribution in [3.8, 4) is 5.00 Å². The summed E-state index contributed by atoms with van der Waals surface area (Å²) >= 11 is 1.66. The maximum atomic E-state index is 13.6. The van der Waals surface area contributed by atoms with Crippen LogP contribution in [0.2, 0.25) is 0 Å². The molecule has 0 amide bonds. The summed E-state index contributed by atoms with van der Waals surface area (Å²) in [6.07, 6.45) is 1.83. The summed E-state index contributed by atoms with van der Waals surface area (Å²) in [4.78, 5) is 28.1. The van der Waals surface area contributed by atoms with Gasteiger partial charge in [0, 0.05) is 32.2 Å². The lowest BCUT2D eigenvalue weighted by Gasteiger charge is -2.32. The fourth-order valence-electron chi connectivity index (χ4n) is 6.49. The molecule has 0 unspecified atom stereocenters. The topological polar surface area (TPSA) is 39.1 Å². The molecule has 4 heteroatoms. The smallest absolute Gasteiger partial charge is 0.198 e. The van der Waals surface area contributed by atoms with E-state index in [0.717, 1.165) is 32.1 Å². The van der Waals surface area contributed by atoms with Crippen molar-refractivity contribution in [1.82, 2.24) is 4.57 Å². The van der Waals surface area contributed by atoms with Crippen LogP contribution in [0.3, 0.4) is 0 Å². The Labute approximate surface area is 220 Å². The van der Waals surface area contributed by atoms with Gasteiger partial charge in [-0.2, -0.15) is 0 Å². The minimum absolute atomic E-state index is 0.147. The maximum absolute atomic E-state index is 13.6. The third-order valence-electron chi connectivity index (χ3n) is 8.89. The third kappa shape index (κ3) is 2.66. The Hall–Kier alpha value is -3.76. The van der Waals surface area contributed by atoms with Gasteiger partial charge in [0.25, 0.3) is 0 Å². The van der Waals surface area contributed by atoms with E-state index in [1.54, 1.807) is 11.3 Å². The predicted molar refractivity (Wildman–Crippen MR) is 153 cm³/mol. The predicted octanol–water partition coefficient (Wildman–Crippen LogP) is 8.18. The van der Waals surface area contributed by atoms with Crippen LogP contribution in [0, 0.1) is 27.7 Å². The van der Waals surface area contributed by atoms with Crippen molar-refractivity contribution in [1.29, 1.82) is 0 Å². The van der Waals surface area contributed by atoms with Gasteiger partial charge in [0.1, 0.15) is 5.00 Å². The quantitative estimate of drug-likeness (QED) is 0.172. The second-order valence-electron chi connectivity index (χ2n) is 11.0. The Balaban J connectivity index is 1.47. The summed E-state index contributed by atoms with van der Waals surface area (Å²) in [5.41, 5.74) is 10.2. The van der Waals surface area contributed by atoms with E-state index in [1.165, 1.54) is 32.9 Å². The van der Waals surface area contributed by atoms with E-state index < -0.39 is 0 Å². The fraction of sp³-hybridized carbons (Fsp3) is 0.212. The SMILES string of the molecule is Cc1c(C)c(C)c2c(c1C)C(=O)C(=Cc1cc3c(s1)-n1c4ccccc4c4cccc(c41)C3(C)C)C2=O. The number of Topliss-reactive ketones (excluding diaryl/α,β-unsaturated/α-hetero) is 2. The highest BCUT2D eigenvalue weighted by Gasteiger charge is 2.39. The van der Waals surface area contributed by atoms with Crippen LogP contribution in [-0.4, -0.2) is 16.1 Å². The first-order chi connectivity index (χ1) is 17.6. The number of para-hydroxylation sites is 2. The van der Waals surface area contributed by atoms with Crippen molar-refractivity contribution in [2.75, 3.05) is 0 Å². The summed E-state index contributed by atoms with van der Waals surface area (Å²) in [5.74, 6) is -0.294. The van der Waals surface area contributed by atoms with Crippen molar-refractivity contribution >= 4 is 50.8 Å². The second-order valence-corrected chi connectivity index (χ2v) is 12.1. The van der Waals surface area contributed by atoms with E-state index in [4.69, 9.17) is 0 Å². The lowest BCUT2D eigenvalue weighted by atomic mass is 9.76. The van der Waals surface area contributed by atoms with Gasteiger partial charge in [-0.1, -0.05) is 50.2 Å². The van der Waals surface area contributed by atoms with E-state index >= 15 is 0 Å². The third-order valence-corrected chi connectivity index (χ3v) is 9.96. The van der Waals surface area contributed by atoms with Crippen molar-refractivity contribution in [3.63, 3.8) is 0 Å². The molecule has 0 fully saturated rings. The zero-order valence-corrected chi connectivity index (χ0v) is 22.7. The highest BCUT2D eigenvalue weighted by atomic mass is 32.1. The maximum Gasteiger partial charge on any atom is 0.198 e. The van der Waals surface area contributed by atoms with Crippen LogP contribution >= 0.6 is 11.3 Å². The molecule has 0 atom stereocenters. The van der Waals surface area contributed by atoms with Crippen LogP contribution in [-0.2, 0) is 5.41 Å². The largest absolute Gasteiger partial charge is 0.300 e. The molecule has 0 radical (unpaired) electrons. The summed E-state index contributed by atoms with van der Waals surface area (Å²) in [6, 6.07) is 17.3. The van der Waals surface area contributed by atoms with Crippen molar-refractivity contribution in [2.24, 2.45) is 0 Å². The van der Waals surface area contributed by atoms with Gasteiger partial charge in [-0.15, -0.1) is 11.3 Å². The lowest BCUT2D eigenvalue weighted by Crippen LogP contribution is -2.24. The van der Waals surface area contributed by atoms with E-state index in [9.17, 15) is 9.59 Å². The van der Waals surface area contributed by atoms with Crippen molar-refractivity contribution in [2.45, 2.75) is 47.0 Å². The van der Waals surface area contributed by atoms with Crippen LogP contribution in [0.5, 0.6) is 0 Å². The van der Waals surface area contributed by atoms with Crippen LogP contribution in [0.15, 0.2) is 54.1 Å². The van der Waals surface area contributed by atoms with E-state index in [2.05, 4.69) is 66.9 Å². The number of benzene rings is 3. The molecule has 0 saturated heterocycles. The molecule has 3 nitrogen and oxygen atoms in total. The molecule has 0 saturated carbocycles. The number of fused-ring (bicyclic) bond motifs is 6. The molecule has 3 heterocycles. The zero-order valence-electron chi connectivity index (χ0n) is 21.9. The number of thiophene rings is 1. The zero-order chi connectivity index (χ0) is 26.0. The minimum Gasteiger partial charge on any atom is -0.300 e. The van der Waals surface area contributed by atoms with Gasteiger partial charge in [0.2, 0.25) is 0 Å². The minimum atomic E-state index is -0.208. The standard InChI is InChI=1S/C33H27NO2S/c1-16-17(2)19(4)28-27(18(16)3)30(35)23(31(28)36)14-20-15-25-32(37-20)34-26-13-8-7-10-21(26)22-11-9-12-24(29(22)34)33(25,5)6/h7-15H,1-6H3. The number of hydrogen-bond donors (Lipinski definition) is 0. The summed E-state index contributed by atoms with van der Waals surface area (Å²) in [6.45, 7) is 12.5. The number of carbonyl (C=O) groups is 2. The Bertz CT molecular complexity index is 1880. The molecule has 2 aliphatic rings. The highest BCUT2D eigenvalue weighted by molar-refractivity contribution is 7.15. The Morgan fingerprint density at radius 3 is 2.05 bits per heavy atom. The van der Waals surface area contributed by atoms with Crippen LogP contribution in [0.25, 0.3) is 32.9 Å². The van der Waals surface area contributed by atoms with Gasteiger partial charge in [-0.3, -0.25) is 9.59 Å². The van der Waals surface area contributed by atoms with E-state index in [-0.39, 0.29) is 22.6 Å². The highest BCUT2D eigenvalue weighted by Crippen LogP contribution is 2.50. The molecule has 0 spiro atoms. The number of nitrogens with zero attached hydrogens (tertiary/aromatic N) is 1. The first-order valence-electron chi connectivity index (χ1n) is 12.7. The summed E-state index contributed by atoms with van der Waals surface area (Å²) < 4.78 is 2.38. The van der Waals surface area contributed by atoms with Gasteiger partial charge in [0.05, 0.1) is 16.6 Å². The first-order valence-corrected chi connectivity index (χ1v) is 13.5. The molecule has 0 N–H and O–H groups in total. The van der Waals surface area contributed by atoms with Crippen LogP contribution < -0.4 is 0 Å². The van der Waals surface area contributed by atoms with E-state index in [1.807, 2.05) is 33.8 Å². The number of allylic oxidation sites excluding steroid dienone is 1. The molecule has 5 aromatic rings. The fourth-order valence-corrected chi connectivity index (χ4v) is 7.77. The molecule has 37 heavy (non-hydrogen) atoms. The van der Waals surface area contributed by atoms with Crippen LogP contribution in [0.1, 0.15) is 72.8 Å². The van der Waals surface area contributed by atoms with Gasteiger partial charge in [-0.25, -0.2) is 0 Å². The molecular formula is C33H27NO2S. The number of aromatic nitrogens is 1. The molecular weight excluding hydrogens is 474 g/mol. The molecule has 3 aromatic carbocycles.